The van der Waals surface area contributed by atoms with Crippen molar-refractivity contribution in [3.8, 4) is 0 Å². The van der Waals surface area contributed by atoms with Gasteiger partial charge in [-0.1, -0.05) is 12.1 Å². The van der Waals surface area contributed by atoms with Gasteiger partial charge >= 0.3 is 0 Å². The van der Waals surface area contributed by atoms with E-state index >= 15 is 0 Å². The predicted octanol–water partition coefficient (Wildman–Crippen LogP) is 1.35. The number of nitrogens with zero attached hydrogens (tertiary/aromatic N) is 1. The molecule has 20 heavy (non-hydrogen) atoms. The Labute approximate surface area is 118 Å². The average Bonchev–Trinajstić information content (AvgIpc) is 2.80. The molecule has 108 valence electrons. The number of hydrogen-bond acceptors (Lipinski definition) is 2. The van der Waals surface area contributed by atoms with Gasteiger partial charge in [-0.05, 0) is 31.0 Å². The zero-order valence-corrected chi connectivity index (χ0v) is 11.6. The van der Waals surface area contributed by atoms with Crippen LogP contribution in [0.4, 0.5) is 4.39 Å². The molecule has 2 rings (SSSR count). The predicted molar refractivity (Wildman–Crippen MR) is 73.5 cm³/mol. The van der Waals surface area contributed by atoms with E-state index in [1.807, 2.05) is 6.92 Å². The van der Waals surface area contributed by atoms with Gasteiger partial charge in [0.05, 0.1) is 5.92 Å². The van der Waals surface area contributed by atoms with Crippen molar-refractivity contribution in [1.82, 2.24) is 10.2 Å². The number of carbonyl (C=O) groups excluding carboxylic acids is 2. The molecule has 4 nitrogen and oxygen atoms in total. The van der Waals surface area contributed by atoms with Gasteiger partial charge in [0.25, 0.3) is 0 Å². The minimum Gasteiger partial charge on any atom is -0.356 e. The van der Waals surface area contributed by atoms with Crippen molar-refractivity contribution in [3.05, 3.63) is 35.6 Å². The molecule has 0 unspecified atom stereocenters. The minimum atomic E-state index is -0.262. The molecule has 1 aliphatic heterocycles. The number of carbonyl (C=O) groups is 2. The molecule has 5 heteroatoms. The van der Waals surface area contributed by atoms with E-state index in [4.69, 9.17) is 0 Å². The molecule has 0 spiro atoms. The van der Waals surface area contributed by atoms with Crippen LogP contribution in [0.1, 0.15) is 18.9 Å². The van der Waals surface area contributed by atoms with E-state index in [9.17, 15) is 14.0 Å². The van der Waals surface area contributed by atoms with Gasteiger partial charge in [-0.15, -0.1) is 0 Å². The summed E-state index contributed by atoms with van der Waals surface area (Å²) in [7, 11) is 0. The monoisotopic (exact) mass is 278 g/mol. The smallest absolute Gasteiger partial charge is 0.225 e. The van der Waals surface area contributed by atoms with Crippen LogP contribution in [0.2, 0.25) is 0 Å². The van der Waals surface area contributed by atoms with E-state index in [0.29, 0.717) is 26.1 Å². The van der Waals surface area contributed by atoms with Gasteiger partial charge in [0.2, 0.25) is 11.8 Å². The Morgan fingerprint density at radius 2 is 2.10 bits per heavy atom. The van der Waals surface area contributed by atoms with Crippen LogP contribution in [-0.2, 0) is 16.0 Å². The van der Waals surface area contributed by atoms with Gasteiger partial charge in [-0.3, -0.25) is 9.59 Å². The quantitative estimate of drug-likeness (QED) is 0.884. The third-order valence-corrected chi connectivity index (χ3v) is 3.52. The van der Waals surface area contributed by atoms with E-state index in [-0.39, 0.29) is 30.0 Å². The van der Waals surface area contributed by atoms with E-state index in [0.717, 1.165) is 5.56 Å². The molecule has 0 radical (unpaired) electrons. The molecule has 1 fully saturated rings. The largest absolute Gasteiger partial charge is 0.356 e. The molecule has 1 aromatic carbocycles. The number of likely N-dealkylation sites (tertiary alicyclic amines) is 1. The van der Waals surface area contributed by atoms with Crippen LogP contribution < -0.4 is 5.32 Å². The summed E-state index contributed by atoms with van der Waals surface area (Å²) in [6, 6.07) is 6.27. The molecule has 1 heterocycles. The van der Waals surface area contributed by atoms with Gasteiger partial charge in [0.1, 0.15) is 5.82 Å². The van der Waals surface area contributed by atoms with E-state index < -0.39 is 0 Å². The second kappa shape index (κ2) is 6.50. The number of benzene rings is 1. The van der Waals surface area contributed by atoms with Gasteiger partial charge in [0.15, 0.2) is 0 Å². The normalized spacial score (nSPS) is 18.4. The molecular weight excluding hydrogens is 259 g/mol. The van der Waals surface area contributed by atoms with Crippen LogP contribution in [0, 0.1) is 11.7 Å². The molecule has 1 saturated heterocycles. The molecule has 1 aromatic rings. The number of amides is 2. The van der Waals surface area contributed by atoms with Crippen molar-refractivity contribution in [3.63, 3.8) is 0 Å². The summed E-state index contributed by atoms with van der Waals surface area (Å²) in [5.74, 6) is -0.536. The van der Waals surface area contributed by atoms with Gasteiger partial charge in [-0.25, -0.2) is 4.39 Å². The van der Waals surface area contributed by atoms with Crippen LogP contribution in [0.25, 0.3) is 0 Å². The van der Waals surface area contributed by atoms with Crippen LogP contribution in [-0.4, -0.2) is 36.3 Å². The van der Waals surface area contributed by atoms with Crippen LogP contribution in [0.15, 0.2) is 24.3 Å². The first-order chi connectivity index (χ1) is 9.60. The Morgan fingerprint density at radius 1 is 1.40 bits per heavy atom. The van der Waals surface area contributed by atoms with Crippen molar-refractivity contribution >= 4 is 11.8 Å². The number of nitrogens with one attached hydrogen (secondary N) is 1. The fourth-order valence-electron chi connectivity index (χ4n) is 2.40. The Morgan fingerprint density at radius 3 is 2.75 bits per heavy atom. The van der Waals surface area contributed by atoms with Crippen molar-refractivity contribution < 1.29 is 14.0 Å². The summed E-state index contributed by atoms with van der Waals surface area (Å²) in [5.41, 5.74) is 0.987. The highest BCUT2D eigenvalue weighted by atomic mass is 19.1. The van der Waals surface area contributed by atoms with Gasteiger partial charge < -0.3 is 10.2 Å². The zero-order valence-electron chi connectivity index (χ0n) is 11.6. The Hall–Kier alpha value is -1.91. The summed E-state index contributed by atoms with van der Waals surface area (Å²) in [6.45, 7) is 3.49. The minimum absolute atomic E-state index is 0.0170. The molecular formula is C15H19FN2O2. The Kier molecular flexibility index (Phi) is 4.71. The van der Waals surface area contributed by atoms with Crippen molar-refractivity contribution in [2.45, 2.75) is 19.8 Å². The average molecular weight is 278 g/mol. The maximum absolute atomic E-state index is 12.8. The second-order valence-electron chi connectivity index (χ2n) is 5.01. The van der Waals surface area contributed by atoms with Crippen LogP contribution >= 0.6 is 0 Å². The molecule has 0 bridgehead atoms. The first-order valence-corrected chi connectivity index (χ1v) is 6.90. The number of hydrogen-bond donors (Lipinski definition) is 1. The fraction of sp³-hybridized carbons (Fsp3) is 0.467. The fourth-order valence-corrected chi connectivity index (χ4v) is 2.40. The third-order valence-electron chi connectivity index (χ3n) is 3.52. The van der Waals surface area contributed by atoms with Gasteiger partial charge in [0, 0.05) is 26.1 Å². The third kappa shape index (κ3) is 3.56. The molecule has 1 atom stereocenters. The summed E-state index contributed by atoms with van der Waals surface area (Å²) in [4.78, 5) is 25.3. The SMILES string of the molecule is CCNC(=O)[C@@H]1CC(=O)N(CCc2ccc(F)cc2)C1. The lowest BCUT2D eigenvalue weighted by molar-refractivity contribution is -0.129. The van der Waals surface area contributed by atoms with E-state index in [2.05, 4.69) is 5.32 Å². The number of halogens is 1. The standard InChI is InChI=1S/C15H19FN2O2/c1-2-17-15(20)12-9-14(19)18(10-12)8-7-11-3-5-13(16)6-4-11/h3-6,12H,2,7-10H2,1H3,(H,17,20)/t12-/m1/s1. The second-order valence-corrected chi connectivity index (χ2v) is 5.01. The Balaban J connectivity index is 1.86. The van der Waals surface area contributed by atoms with E-state index in [1.165, 1.54) is 12.1 Å². The lowest BCUT2D eigenvalue weighted by Crippen LogP contribution is -2.33. The molecule has 2 amide bonds. The molecule has 0 aromatic heterocycles. The van der Waals surface area contributed by atoms with Crippen molar-refractivity contribution in [2.24, 2.45) is 5.92 Å². The molecule has 1 aliphatic rings. The van der Waals surface area contributed by atoms with Crippen LogP contribution in [0.3, 0.4) is 0 Å². The lowest BCUT2D eigenvalue weighted by Gasteiger charge is -2.16. The molecule has 0 saturated carbocycles. The van der Waals surface area contributed by atoms with Crippen LogP contribution in [0.5, 0.6) is 0 Å². The zero-order chi connectivity index (χ0) is 14.5. The van der Waals surface area contributed by atoms with Crippen molar-refractivity contribution in [2.75, 3.05) is 19.6 Å². The number of rotatable bonds is 5. The highest BCUT2D eigenvalue weighted by molar-refractivity contribution is 5.89. The first kappa shape index (κ1) is 14.5. The summed E-state index contributed by atoms with van der Waals surface area (Å²) >= 11 is 0. The highest BCUT2D eigenvalue weighted by Crippen LogP contribution is 2.18. The summed E-state index contributed by atoms with van der Waals surface area (Å²) < 4.78 is 12.8. The molecule has 0 aliphatic carbocycles. The summed E-state index contributed by atoms with van der Waals surface area (Å²) in [6.07, 6.45) is 0.962. The van der Waals surface area contributed by atoms with E-state index in [1.54, 1.807) is 17.0 Å². The Bertz CT molecular complexity index is 487. The van der Waals surface area contributed by atoms with Gasteiger partial charge in [-0.2, -0.15) is 0 Å². The van der Waals surface area contributed by atoms with Crippen molar-refractivity contribution in [1.29, 1.82) is 0 Å². The lowest BCUT2D eigenvalue weighted by atomic mass is 10.1. The molecule has 1 N–H and O–H groups in total. The maximum atomic E-state index is 12.8. The highest BCUT2D eigenvalue weighted by Gasteiger charge is 2.33. The summed E-state index contributed by atoms with van der Waals surface area (Å²) in [5, 5.41) is 2.75. The first-order valence-electron chi connectivity index (χ1n) is 6.90. The topological polar surface area (TPSA) is 49.4 Å². The maximum Gasteiger partial charge on any atom is 0.225 e.